The second-order valence-corrected chi connectivity index (χ2v) is 7.86. The van der Waals surface area contributed by atoms with Crippen LogP contribution in [0.4, 0.5) is 25.0 Å². The number of urea groups is 1. The van der Waals surface area contributed by atoms with E-state index in [9.17, 15) is 28.3 Å². The fraction of sp³-hybridized carbons (Fsp3) is 0.348. The molecule has 0 aromatic heterocycles. The summed E-state index contributed by atoms with van der Waals surface area (Å²) in [6.45, 7) is 0. The molecule has 0 atom stereocenters. The molecule has 3 rings (SSSR count). The Hall–Kier alpha value is -4.09. The number of imide groups is 1. The van der Waals surface area contributed by atoms with E-state index >= 15 is 0 Å². The van der Waals surface area contributed by atoms with Gasteiger partial charge < -0.3 is 9.84 Å². The summed E-state index contributed by atoms with van der Waals surface area (Å²) in [4.78, 5) is 38.1. The van der Waals surface area contributed by atoms with Crippen LogP contribution in [0.3, 0.4) is 0 Å². The number of carboxylic acids is 1. The van der Waals surface area contributed by atoms with Gasteiger partial charge in [-0.3, -0.25) is 9.69 Å². The fourth-order valence-electron chi connectivity index (χ4n) is 3.97. The third-order valence-corrected chi connectivity index (χ3v) is 5.66. The molecule has 1 saturated carbocycles. The number of carbonyl (C=O) groups is 3. The summed E-state index contributed by atoms with van der Waals surface area (Å²) in [5.74, 6) is -2.79. The summed E-state index contributed by atoms with van der Waals surface area (Å²) in [5.41, 5.74) is -0.446. The number of benzene rings is 2. The van der Waals surface area contributed by atoms with E-state index in [1.165, 1.54) is 43.3 Å². The molecule has 35 heavy (non-hydrogen) atoms. The van der Waals surface area contributed by atoms with Crippen molar-refractivity contribution in [3.8, 4) is 5.75 Å². The van der Waals surface area contributed by atoms with Gasteiger partial charge in [-0.1, -0.05) is 25.3 Å². The lowest BCUT2D eigenvalue weighted by molar-refractivity contribution is -0.115. The van der Waals surface area contributed by atoms with Gasteiger partial charge in [0.1, 0.15) is 11.4 Å². The Balaban J connectivity index is 1.99. The van der Waals surface area contributed by atoms with Crippen LogP contribution in [-0.2, 0) is 4.79 Å². The van der Waals surface area contributed by atoms with E-state index in [1.807, 2.05) is 0 Å². The Morgan fingerprint density at radius 1 is 1.09 bits per heavy atom. The van der Waals surface area contributed by atoms with Crippen LogP contribution < -0.4 is 14.6 Å². The number of carbonyl (C=O) groups excluding carboxylic acids is 2. The van der Waals surface area contributed by atoms with E-state index in [-0.39, 0.29) is 29.5 Å². The lowest BCUT2D eigenvalue weighted by atomic mass is 9.93. The Morgan fingerprint density at radius 2 is 1.74 bits per heavy atom. The molecule has 0 unspecified atom stereocenters. The quantitative estimate of drug-likeness (QED) is 0.323. The number of carboxylic acid groups (broad SMARTS) is 1. The maximum atomic E-state index is 14.0. The molecule has 1 aliphatic rings. The van der Waals surface area contributed by atoms with Gasteiger partial charge in [0.2, 0.25) is 6.41 Å². The van der Waals surface area contributed by atoms with E-state index in [4.69, 9.17) is 4.74 Å². The lowest BCUT2D eigenvalue weighted by Crippen LogP contribution is -2.47. The van der Waals surface area contributed by atoms with E-state index in [2.05, 4.69) is 10.4 Å². The second-order valence-electron chi connectivity index (χ2n) is 7.86. The molecule has 0 aliphatic heterocycles. The number of amides is 3. The molecular weight excluding hydrogens is 464 g/mol. The Labute approximate surface area is 200 Å². The standard InChI is InChI=1S/C23H25F2N5O5/c1-28(21-17(24)9-6-10-18(21)25)26-27-29(14-31)23(34)30(16-7-4-3-5-8-16)19-13-15(22(32)33)11-12-20(19)35-2/h6,9-14,16H,3-5,7-8H2,1-2H3,(H,32,33)/b27-26-. The number of para-hydroxylation sites is 1. The van der Waals surface area contributed by atoms with E-state index in [0.29, 0.717) is 17.9 Å². The van der Waals surface area contributed by atoms with E-state index in [1.54, 1.807) is 0 Å². The van der Waals surface area contributed by atoms with Crippen LogP contribution in [0, 0.1) is 11.6 Å². The second kappa shape index (κ2) is 11.4. The van der Waals surface area contributed by atoms with Gasteiger partial charge in [0.25, 0.3) is 0 Å². The van der Waals surface area contributed by atoms with Gasteiger partial charge in [-0.2, -0.15) is 0 Å². The molecule has 10 nitrogen and oxygen atoms in total. The third kappa shape index (κ3) is 5.70. The predicted octanol–water partition coefficient (Wildman–Crippen LogP) is 4.81. The normalized spacial score (nSPS) is 13.9. The Kier molecular flexibility index (Phi) is 8.29. The van der Waals surface area contributed by atoms with Crippen molar-refractivity contribution in [2.45, 2.75) is 38.1 Å². The molecule has 0 spiro atoms. The van der Waals surface area contributed by atoms with Crippen molar-refractivity contribution < 1.29 is 33.0 Å². The largest absolute Gasteiger partial charge is 0.495 e. The van der Waals surface area contributed by atoms with E-state index < -0.39 is 29.3 Å². The fourth-order valence-corrected chi connectivity index (χ4v) is 3.97. The number of aromatic carboxylic acids is 1. The van der Waals surface area contributed by atoms with Crippen LogP contribution in [0.25, 0.3) is 0 Å². The highest BCUT2D eigenvalue weighted by molar-refractivity contribution is 6.00. The maximum Gasteiger partial charge on any atom is 0.353 e. The maximum absolute atomic E-state index is 14.0. The summed E-state index contributed by atoms with van der Waals surface area (Å²) in [5, 5.41) is 17.8. The van der Waals surface area contributed by atoms with Crippen LogP contribution in [0.1, 0.15) is 42.5 Å². The molecular formula is C23H25F2N5O5. The van der Waals surface area contributed by atoms with Gasteiger partial charge in [0.05, 0.1) is 18.4 Å². The smallest absolute Gasteiger partial charge is 0.353 e. The number of ether oxygens (including phenoxy) is 1. The highest BCUT2D eigenvalue weighted by Crippen LogP contribution is 2.35. The molecule has 0 radical (unpaired) electrons. The van der Waals surface area contributed by atoms with Crippen molar-refractivity contribution in [1.82, 2.24) is 5.01 Å². The van der Waals surface area contributed by atoms with Crippen LogP contribution in [0.15, 0.2) is 46.8 Å². The number of nitrogens with zero attached hydrogens (tertiary/aromatic N) is 5. The average molecular weight is 489 g/mol. The molecule has 0 bridgehead atoms. The highest BCUT2D eigenvalue weighted by atomic mass is 19.1. The van der Waals surface area contributed by atoms with Crippen molar-refractivity contribution in [1.29, 1.82) is 0 Å². The number of hydrogen-bond donors (Lipinski definition) is 1. The minimum atomic E-state index is -1.20. The SMILES string of the molecule is COc1ccc(C(=O)O)cc1N(C(=O)N(C=O)/N=N\N(C)c1c(F)cccc1F)C1CCCCC1. The van der Waals surface area contributed by atoms with Crippen molar-refractivity contribution in [2.24, 2.45) is 10.4 Å². The number of hydrogen-bond acceptors (Lipinski definition) is 6. The molecule has 0 heterocycles. The molecule has 186 valence electrons. The first-order valence-corrected chi connectivity index (χ1v) is 10.9. The lowest BCUT2D eigenvalue weighted by Gasteiger charge is -2.35. The summed E-state index contributed by atoms with van der Waals surface area (Å²) in [7, 11) is 2.58. The van der Waals surface area contributed by atoms with Gasteiger partial charge in [0, 0.05) is 13.1 Å². The number of methoxy groups -OCH3 is 1. The first-order valence-electron chi connectivity index (χ1n) is 10.9. The summed E-state index contributed by atoms with van der Waals surface area (Å²) < 4.78 is 33.4. The molecule has 1 fully saturated rings. The van der Waals surface area contributed by atoms with Crippen molar-refractivity contribution in [3.05, 3.63) is 53.6 Å². The predicted molar refractivity (Wildman–Crippen MR) is 122 cm³/mol. The van der Waals surface area contributed by atoms with Crippen LogP contribution in [0.5, 0.6) is 5.75 Å². The first kappa shape index (κ1) is 25.5. The van der Waals surface area contributed by atoms with Gasteiger partial charge in [-0.25, -0.2) is 23.4 Å². The number of anilines is 2. The van der Waals surface area contributed by atoms with Crippen LogP contribution >= 0.6 is 0 Å². The minimum absolute atomic E-state index is 0.0801. The van der Waals surface area contributed by atoms with Crippen molar-refractivity contribution in [3.63, 3.8) is 0 Å². The molecule has 1 N–H and O–H groups in total. The molecule has 12 heteroatoms. The molecule has 2 aromatic rings. The minimum Gasteiger partial charge on any atom is -0.495 e. The topological polar surface area (TPSA) is 115 Å². The van der Waals surface area contributed by atoms with Gasteiger partial charge >= 0.3 is 12.0 Å². The van der Waals surface area contributed by atoms with Crippen LogP contribution in [-0.4, -0.2) is 48.7 Å². The zero-order valence-corrected chi connectivity index (χ0v) is 19.2. The number of rotatable bonds is 8. The average Bonchev–Trinajstić information content (AvgIpc) is 2.85. The van der Waals surface area contributed by atoms with Gasteiger partial charge in [-0.15, -0.1) is 5.01 Å². The third-order valence-electron chi connectivity index (χ3n) is 5.66. The Bertz CT molecular complexity index is 1100. The van der Waals surface area contributed by atoms with Gasteiger partial charge in [-0.05, 0) is 53.6 Å². The molecule has 1 aliphatic carbocycles. The summed E-state index contributed by atoms with van der Waals surface area (Å²) in [6, 6.07) is 5.99. The first-order chi connectivity index (χ1) is 16.8. The van der Waals surface area contributed by atoms with Crippen LogP contribution in [0.2, 0.25) is 0 Å². The summed E-state index contributed by atoms with van der Waals surface area (Å²) in [6.07, 6.45) is 3.95. The zero-order valence-electron chi connectivity index (χ0n) is 19.2. The number of halogens is 2. The molecule has 2 aromatic carbocycles. The molecule has 0 saturated heterocycles. The van der Waals surface area contributed by atoms with Crippen molar-refractivity contribution >= 4 is 29.8 Å². The zero-order chi connectivity index (χ0) is 25.5. The van der Waals surface area contributed by atoms with E-state index in [0.717, 1.165) is 36.4 Å². The Morgan fingerprint density at radius 3 is 2.31 bits per heavy atom. The monoisotopic (exact) mass is 489 g/mol. The van der Waals surface area contributed by atoms with Crippen molar-refractivity contribution in [2.75, 3.05) is 24.1 Å². The summed E-state index contributed by atoms with van der Waals surface area (Å²) >= 11 is 0. The highest BCUT2D eigenvalue weighted by Gasteiger charge is 2.33. The van der Waals surface area contributed by atoms with Gasteiger partial charge in [0.15, 0.2) is 11.6 Å². The molecule has 3 amide bonds.